The Hall–Kier alpha value is -1.81. The lowest BCUT2D eigenvalue weighted by atomic mass is 9.79. The van der Waals surface area contributed by atoms with Crippen LogP contribution >= 0.6 is 23.2 Å². The second kappa shape index (κ2) is 11.2. The van der Waals surface area contributed by atoms with Crippen molar-refractivity contribution in [2.24, 2.45) is 5.92 Å². The maximum atomic E-state index is 12.7. The number of rotatable bonds is 5. The maximum Gasteiger partial charge on any atom is 0.335 e. The number of amides is 1. The van der Waals surface area contributed by atoms with Gasteiger partial charge in [-0.25, -0.2) is 4.98 Å². The number of hydrogen-bond donors (Lipinski definition) is 2. The molecule has 1 amide bonds. The standard InChI is InChI=1S/C20H26Cl2N4O2.O2S/c1-4-26-18(14-10-23-15(21)9-13(14)3)16(22)17(25-26)19(27)24-11-20(28)7-5-12(2)6-8-20;1-3-2/h9-10,12,28H,4-8,11H2,1-3H3,(H,24,27);. The molecule has 1 fully saturated rings. The van der Waals surface area contributed by atoms with E-state index in [2.05, 4.69) is 22.3 Å². The van der Waals surface area contributed by atoms with Crippen LogP contribution in [0.4, 0.5) is 0 Å². The highest BCUT2D eigenvalue weighted by atomic mass is 35.5. The Kier molecular flexibility index (Phi) is 9.17. The monoisotopic (exact) mass is 488 g/mol. The fourth-order valence-electron chi connectivity index (χ4n) is 3.65. The van der Waals surface area contributed by atoms with Gasteiger partial charge in [0.25, 0.3) is 5.91 Å². The molecule has 3 rings (SSSR count). The van der Waals surface area contributed by atoms with Gasteiger partial charge in [-0.1, -0.05) is 30.1 Å². The van der Waals surface area contributed by atoms with Crippen LogP contribution in [-0.4, -0.2) is 46.3 Å². The molecule has 0 spiro atoms. The number of hydrogen-bond acceptors (Lipinski definition) is 6. The van der Waals surface area contributed by atoms with Crippen molar-refractivity contribution in [3.63, 3.8) is 0 Å². The fourth-order valence-corrected chi connectivity index (χ4v) is 4.18. The van der Waals surface area contributed by atoms with Crippen molar-refractivity contribution < 1.29 is 18.3 Å². The summed E-state index contributed by atoms with van der Waals surface area (Å²) >= 11 is 11.8. The Morgan fingerprint density at radius 2 is 1.97 bits per heavy atom. The van der Waals surface area contributed by atoms with Gasteiger partial charge in [0, 0.05) is 24.8 Å². The summed E-state index contributed by atoms with van der Waals surface area (Å²) in [5, 5.41) is 18.6. The first-order valence-corrected chi connectivity index (χ1v) is 11.4. The molecule has 0 atom stereocenters. The lowest BCUT2D eigenvalue weighted by molar-refractivity contribution is -0.00544. The molecule has 1 aliphatic carbocycles. The molecule has 2 heterocycles. The van der Waals surface area contributed by atoms with E-state index < -0.39 is 17.2 Å². The van der Waals surface area contributed by atoms with Crippen LogP contribution < -0.4 is 5.32 Å². The number of carbonyl (C=O) groups excluding carboxylic acids is 1. The van der Waals surface area contributed by atoms with Crippen LogP contribution in [0.3, 0.4) is 0 Å². The topological polar surface area (TPSA) is 114 Å². The van der Waals surface area contributed by atoms with Crippen LogP contribution in [0.1, 0.15) is 55.6 Å². The minimum Gasteiger partial charge on any atom is -0.388 e. The predicted molar refractivity (Wildman–Crippen MR) is 120 cm³/mol. The van der Waals surface area contributed by atoms with E-state index in [4.69, 9.17) is 31.6 Å². The summed E-state index contributed by atoms with van der Waals surface area (Å²) in [6.07, 6.45) is 4.94. The molecular weight excluding hydrogens is 463 g/mol. The minimum absolute atomic E-state index is 0.153. The highest BCUT2D eigenvalue weighted by molar-refractivity contribution is 7.51. The molecule has 8 nitrogen and oxygen atoms in total. The minimum atomic E-state index is -0.860. The van der Waals surface area contributed by atoms with Gasteiger partial charge in [-0.05, 0) is 57.1 Å². The molecule has 0 unspecified atom stereocenters. The summed E-state index contributed by atoms with van der Waals surface area (Å²) in [6.45, 7) is 6.77. The van der Waals surface area contributed by atoms with Gasteiger partial charge in [-0.15, -0.1) is 0 Å². The lowest BCUT2D eigenvalue weighted by Gasteiger charge is -2.34. The van der Waals surface area contributed by atoms with Crippen molar-refractivity contribution in [1.29, 1.82) is 0 Å². The number of nitrogens with one attached hydrogen (secondary N) is 1. The smallest absolute Gasteiger partial charge is 0.335 e. The average molecular weight is 489 g/mol. The number of aryl methyl sites for hydroxylation is 2. The summed E-state index contributed by atoms with van der Waals surface area (Å²) in [6, 6.07) is 1.75. The van der Waals surface area contributed by atoms with E-state index in [0.717, 1.165) is 24.0 Å². The zero-order valence-electron chi connectivity index (χ0n) is 17.7. The molecule has 2 N–H and O–H groups in total. The summed E-state index contributed by atoms with van der Waals surface area (Å²) < 4.78 is 18.3. The molecule has 1 saturated carbocycles. The summed E-state index contributed by atoms with van der Waals surface area (Å²) in [5.41, 5.74) is 1.61. The first-order valence-electron chi connectivity index (χ1n) is 9.97. The van der Waals surface area contributed by atoms with Crippen LogP contribution in [0.25, 0.3) is 11.3 Å². The summed E-state index contributed by atoms with van der Waals surface area (Å²) in [5.74, 6) is 0.231. The number of carbonyl (C=O) groups is 1. The van der Waals surface area contributed by atoms with E-state index in [-0.39, 0.29) is 23.2 Å². The molecule has 1 aliphatic rings. The maximum absolute atomic E-state index is 12.7. The normalized spacial score (nSPS) is 20.5. The molecular formula is C20H26Cl2N4O4S. The van der Waals surface area contributed by atoms with Gasteiger partial charge in [0.05, 0.1) is 16.3 Å². The molecule has 0 bridgehead atoms. The number of pyridine rings is 1. The quantitative estimate of drug-likeness (QED) is 0.621. The van der Waals surface area contributed by atoms with Crippen LogP contribution in [0.15, 0.2) is 12.3 Å². The van der Waals surface area contributed by atoms with Crippen molar-refractivity contribution in [1.82, 2.24) is 20.1 Å². The molecule has 0 aliphatic heterocycles. The second-order valence-electron chi connectivity index (χ2n) is 7.81. The number of nitrogens with zero attached hydrogens (tertiary/aromatic N) is 3. The molecule has 170 valence electrons. The molecule has 2 aromatic rings. The van der Waals surface area contributed by atoms with Crippen molar-refractivity contribution in [3.8, 4) is 11.3 Å². The molecule has 0 saturated heterocycles. The predicted octanol–water partition coefficient (Wildman–Crippen LogP) is 3.58. The highest BCUT2D eigenvalue weighted by Gasteiger charge is 2.33. The van der Waals surface area contributed by atoms with Crippen molar-refractivity contribution in [2.75, 3.05) is 6.54 Å². The van der Waals surface area contributed by atoms with Gasteiger partial charge in [0.15, 0.2) is 5.69 Å². The number of aromatic nitrogens is 3. The van der Waals surface area contributed by atoms with E-state index in [0.29, 0.717) is 36.2 Å². The number of halogens is 2. The van der Waals surface area contributed by atoms with E-state index in [1.54, 1.807) is 16.9 Å². The lowest BCUT2D eigenvalue weighted by Crippen LogP contribution is -2.45. The van der Waals surface area contributed by atoms with Crippen LogP contribution in [0.2, 0.25) is 10.2 Å². The number of aliphatic hydroxyl groups is 1. The average Bonchev–Trinajstić information content (AvgIpc) is 3.06. The molecule has 0 radical (unpaired) electrons. The van der Waals surface area contributed by atoms with Gasteiger partial charge < -0.3 is 10.4 Å². The van der Waals surface area contributed by atoms with Gasteiger partial charge in [0.2, 0.25) is 0 Å². The largest absolute Gasteiger partial charge is 0.388 e. The van der Waals surface area contributed by atoms with E-state index in [9.17, 15) is 9.90 Å². The van der Waals surface area contributed by atoms with Crippen LogP contribution in [0, 0.1) is 12.8 Å². The second-order valence-corrected chi connectivity index (χ2v) is 8.71. The fraction of sp³-hybridized carbons (Fsp3) is 0.550. The van der Waals surface area contributed by atoms with E-state index in [1.807, 2.05) is 13.8 Å². The van der Waals surface area contributed by atoms with Gasteiger partial charge in [0.1, 0.15) is 5.15 Å². The zero-order valence-corrected chi connectivity index (χ0v) is 20.0. The van der Waals surface area contributed by atoms with Crippen LogP contribution in [0.5, 0.6) is 0 Å². The molecule has 31 heavy (non-hydrogen) atoms. The third-order valence-corrected chi connectivity index (χ3v) is 6.09. The zero-order chi connectivity index (χ0) is 23.2. The van der Waals surface area contributed by atoms with Crippen molar-refractivity contribution >= 4 is 40.7 Å². The van der Waals surface area contributed by atoms with Crippen molar-refractivity contribution in [3.05, 3.63) is 33.7 Å². The third kappa shape index (κ3) is 6.35. The van der Waals surface area contributed by atoms with Crippen molar-refractivity contribution in [2.45, 2.75) is 58.6 Å². The first-order chi connectivity index (χ1) is 14.7. The van der Waals surface area contributed by atoms with Gasteiger partial charge >= 0.3 is 11.6 Å². The first kappa shape index (κ1) is 25.5. The van der Waals surface area contributed by atoms with E-state index in [1.165, 1.54) is 0 Å². The summed E-state index contributed by atoms with van der Waals surface area (Å²) in [7, 11) is 0. The Balaban J connectivity index is 0.00000107. The van der Waals surface area contributed by atoms with Crippen LogP contribution in [-0.2, 0) is 18.1 Å². The SMILES string of the molecule is CCn1nc(C(=O)NCC2(O)CCC(C)CC2)c(Cl)c1-c1cnc(Cl)cc1C.O=S=O. The van der Waals surface area contributed by atoms with Gasteiger partial charge in [-0.3, -0.25) is 9.48 Å². The Labute approximate surface area is 194 Å². The van der Waals surface area contributed by atoms with Gasteiger partial charge in [-0.2, -0.15) is 13.5 Å². The molecule has 2 aromatic heterocycles. The molecule has 11 heteroatoms. The third-order valence-electron chi connectivity index (χ3n) is 5.52. The molecule has 0 aromatic carbocycles. The van der Waals surface area contributed by atoms with E-state index >= 15 is 0 Å². The Morgan fingerprint density at radius 3 is 2.52 bits per heavy atom. The highest BCUT2D eigenvalue weighted by Crippen LogP contribution is 2.34. The Bertz CT molecular complexity index is 968. The summed E-state index contributed by atoms with van der Waals surface area (Å²) in [4.78, 5) is 16.9. The Morgan fingerprint density at radius 1 is 1.35 bits per heavy atom.